The van der Waals surface area contributed by atoms with Gasteiger partial charge in [0.1, 0.15) is 17.1 Å². The fraction of sp³-hybridized carbons (Fsp3) is 0.625. The van der Waals surface area contributed by atoms with Gasteiger partial charge < -0.3 is 14.8 Å². The summed E-state index contributed by atoms with van der Waals surface area (Å²) >= 11 is 3.56. The van der Waals surface area contributed by atoms with Crippen LogP contribution < -0.4 is 14.8 Å². The van der Waals surface area contributed by atoms with Gasteiger partial charge >= 0.3 is 0 Å². The van der Waals surface area contributed by atoms with Gasteiger partial charge in [-0.1, -0.05) is 13.8 Å². The number of hydrogen-bond acceptors (Lipinski definition) is 3. The minimum absolute atomic E-state index is 0.0129. The second kappa shape index (κ2) is 6.81. The van der Waals surface area contributed by atoms with Crippen molar-refractivity contribution in [1.82, 2.24) is 5.32 Å². The molecule has 2 rings (SSSR count). The summed E-state index contributed by atoms with van der Waals surface area (Å²) in [5.41, 5.74) is 0.0129. The SMILES string of the molecule is COc1ccc(OC2(CCNC(C)C)CCC2)c(Br)c1. The van der Waals surface area contributed by atoms with E-state index >= 15 is 0 Å². The fourth-order valence-electron chi connectivity index (χ4n) is 2.49. The Bertz CT molecular complexity index is 444. The van der Waals surface area contributed by atoms with Gasteiger partial charge in [0.2, 0.25) is 0 Å². The third kappa shape index (κ3) is 3.89. The minimum Gasteiger partial charge on any atom is -0.497 e. The lowest BCUT2D eigenvalue weighted by atomic mass is 9.77. The van der Waals surface area contributed by atoms with E-state index in [-0.39, 0.29) is 5.60 Å². The van der Waals surface area contributed by atoms with E-state index < -0.39 is 0 Å². The highest BCUT2D eigenvalue weighted by atomic mass is 79.9. The Morgan fingerprint density at radius 2 is 2.10 bits per heavy atom. The van der Waals surface area contributed by atoms with Crippen molar-refractivity contribution in [2.45, 2.75) is 51.2 Å². The van der Waals surface area contributed by atoms with E-state index in [1.165, 1.54) is 6.42 Å². The van der Waals surface area contributed by atoms with Crippen molar-refractivity contribution in [3.8, 4) is 11.5 Å². The molecule has 0 radical (unpaired) electrons. The van der Waals surface area contributed by atoms with Crippen molar-refractivity contribution < 1.29 is 9.47 Å². The van der Waals surface area contributed by atoms with Gasteiger partial charge in [0.25, 0.3) is 0 Å². The first-order chi connectivity index (χ1) is 9.54. The average Bonchev–Trinajstić information content (AvgIpc) is 2.37. The Morgan fingerprint density at radius 1 is 1.35 bits per heavy atom. The van der Waals surface area contributed by atoms with Crippen LogP contribution in [0.5, 0.6) is 11.5 Å². The molecule has 0 amide bonds. The lowest BCUT2D eigenvalue weighted by Crippen LogP contribution is -2.46. The molecule has 1 aliphatic rings. The maximum atomic E-state index is 6.31. The number of rotatable bonds is 7. The molecular weight excluding hydrogens is 318 g/mol. The van der Waals surface area contributed by atoms with Crippen LogP contribution in [-0.2, 0) is 0 Å². The Hall–Kier alpha value is -0.740. The average molecular weight is 342 g/mol. The maximum Gasteiger partial charge on any atom is 0.134 e. The lowest BCUT2D eigenvalue weighted by Gasteiger charge is -2.42. The lowest BCUT2D eigenvalue weighted by molar-refractivity contribution is -0.0151. The first kappa shape index (κ1) is 15.6. The molecule has 0 aromatic heterocycles. The molecule has 0 saturated heterocycles. The van der Waals surface area contributed by atoms with Gasteiger partial charge in [0.15, 0.2) is 0 Å². The number of benzene rings is 1. The molecule has 3 nitrogen and oxygen atoms in total. The van der Waals surface area contributed by atoms with Crippen LogP contribution in [0.3, 0.4) is 0 Å². The van der Waals surface area contributed by atoms with Crippen molar-refractivity contribution in [3.63, 3.8) is 0 Å². The molecule has 0 heterocycles. The van der Waals surface area contributed by atoms with Gasteiger partial charge in [-0.05, 0) is 66.4 Å². The molecule has 1 saturated carbocycles. The number of hydrogen-bond donors (Lipinski definition) is 1. The molecule has 1 aromatic carbocycles. The molecule has 1 fully saturated rings. The molecule has 0 spiro atoms. The maximum absolute atomic E-state index is 6.31. The van der Waals surface area contributed by atoms with E-state index in [4.69, 9.17) is 9.47 Å². The van der Waals surface area contributed by atoms with E-state index in [1.807, 2.05) is 18.2 Å². The van der Waals surface area contributed by atoms with Crippen LogP contribution in [0.15, 0.2) is 22.7 Å². The van der Waals surface area contributed by atoms with Crippen LogP contribution in [0.25, 0.3) is 0 Å². The Kier molecular flexibility index (Phi) is 5.33. The van der Waals surface area contributed by atoms with Crippen molar-refractivity contribution in [2.24, 2.45) is 0 Å². The first-order valence-electron chi connectivity index (χ1n) is 7.31. The van der Waals surface area contributed by atoms with Crippen molar-refractivity contribution in [3.05, 3.63) is 22.7 Å². The van der Waals surface area contributed by atoms with Gasteiger partial charge in [-0.25, -0.2) is 0 Å². The zero-order chi connectivity index (χ0) is 14.6. The third-order valence-electron chi connectivity index (χ3n) is 3.86. The van der Waals surface area contributed by atoms with E-state index in [0.717, 1.165) is 41.8 Å². The van der Waals surface area contributed by atoms with Crippen LogP contribution in [0, 0.1) is 0 Å². The van der Waals surface area contributed by atoms with Gasteiger partial charge in [0, 0.05) is 6.04 Å². The number of methoxy groups -OCH3 is 1. The Balaban J connectivity index is 1.99. The van der Waals surface area contributed by atoms with E-state index in [9.17, 15) is 0 Å². The van der Waals surface area contributed by atoms with Crippen molar-refractivity contribution in [1.29, 1.82) is 0 Å². The van der Waals surface area contributed by atoms with Crippen LogP contribution >= 0.6 is 15.9 Å². The fourth-order valence-corrected chi connectivity index (χ4v) is 2.93. The largest absolute Gasteiger partial charge is 0.497 e. The highest BCUT2D eigenvalue weighted by Crippen LogP contribution is 2.41. The molecule has 1 N–H and O–H groups in total. The molecule has 1 aliphatic carbocycles. The van der Waals surface area contributed by atoms with Gasteiger partial charge in [-0.2, -0.15) is 0 Å². The zero-order valence-corrected chi connectivity index (χ0v) is 14.1. The number of halogens is 1. The standard InChI is InChI=1S/C16H24BrNO2/c1-12(2)18-10-9-16(7-4-8-16)20-15-6-5-13(19-3)11-14(15)17/h5-6,11-12,18H,4,7-10H2,1-3H3. The summed E-state index contributed by atoms with van der Waals surface area (Å²) in [6.45, 7) is 5.36. The summed E-state index contributed by atoms with van der Waals surface area (Å²) in [4.78, 5) is 0. The number of nitrogens with one attached hydrogen (secondary N) is 1. The van der Waals surface area contributed by atoms with E-state index in [1.54, 1.807) is 7.11 Å². The predicted molar refractivity (Wildman–Crippen MR) is 85.7 cm³/mol. The summed E-state index contributed by atoms with van der Waals surface area (Å²) in [7, 11) is 1.67. The van der Waals surface area contributed by atoms with Crippen LogP contribution in [-0.4, -0.2) is 25.3 Å². The summed E-state index contributed by atoms with van der Waals surface area (Å²) in [6, 6.07) is 6.41. The second-order valence-corrected chi connectivity index (χ2v) is 6.65. The number of ether oxygens (including phenoxy) is 2. The summed E-state index contributed by atoms with van der Waals surface area (Å²) in [6.07, 6.45) is 4.61. The van der Waals surface area contributed by atoms with Gasteiger partial charge in [-0.3, -0.25) is 0 Å². The van der Waals surface area contributed by atoms with E-state index in [2.05, 4.69) is 35.1 Å². The van der Waals surface area contributed by atoms with Gasteiger partial charge in [0.05, 0.1) is 11.6 Å². The molecule has 112 valence electrons. The molecule has 0 unspecified atom stereocenters. The Labute approximate surface area is 130 Å². The van der Waals surface area contributed by atoms with E-state index in [0.29, 0.717) is 6.04 Å². The third-order valence-corrected chi connectivity index (χ3v) is 4.48. The quantitative estimate of drug-likeness (QED) is 0.808. The molecular formula is C16H24BrNO2. The zero-order valence-electron chi connectivity index (χ0n) is 12.5. The van der Waals surface area contributed by atoms with Crippen LogP contribution in [0.1, 0.15) is 39.5 Å². The molecule has 0 aliphatic heterocycles. The molecule has 4 heteroatoms. The highest BCUT2D eigenvalue weighted by molar-refractivity contribution is 9.10. The normalized spacial score (nSPS) is 16.9. The molecule has 0 atom stereocenters. The summed E-state index contributed by atoms with van der Waals surface area (Å²) in [5.74, 6) is 1.75. The van der Waals surface area contributed by atoms with Gasteiger partial charge in [-0.15, -0.1) is 0 Å². The molecule has 0 bridgehead atoms. The van der Waals surface area contributed by atoms with Crippen molar-refractivity contribution >= 4 is 15.9 Å². The first-order valence-corrected chi connectivity index (χ1v) is 8.10. The molecule has 20 heavy (non-hydrogen) atoms. The summed E-state index contributed by atoms with van der Waals surface area (Å²) in [5, 5.41) is 3.48. The summed E-state index contributed by atoms with van der Waals surface area (Å²) < 4.78 is 12.5. The highest BCUT2D eigenvalue weighted by Gasteiger charge is 2.39. The molecule has 1 aromatic rings. The Morgan fingerprint density at radius 3 is 2.60 bits per heavy atom. The predicted octanol–water partition coefficient (Wildman–Crippen LogP) is 4.15. The smallest absolute Gasteiger partial charge is 0.134 e. The minimum atomic E-state index is 0.0129. The second-order valence-electron chi connectivity index (χ2n) is 5.79. The monoisotopic (exact) mass is 341 g/mol. The van der Waals surface area contributed by atoms with Crippen LogP contribution in [0.2, 0.25) is 0 Å². The van der Waals surface area contributed by atoms with Crippen LogP contribution in [0.4, 0.5) is 0 Å². The van der Waals surface area contributed by atoms with Crippen molar-refractivity contribution in [2.75, 3.05) is 13.7 Å². The topological polar surface area (TPSA) is 30.5 Å².